The Labute approximate surface area is 99.7 Å². The zero-order valence-corrected chi connectivity index (χ0v) is 10.0. The number of amides is 1. The Morgan fingerprint density at radius 3 is 2.88 bits per heavy atom. The van der Waals surface area contributed by atoms with E-state index in [9.17, 15) is 4.79 Å². The van der Waals surface area contributed by atoms with Gasteiger partial charge in [0.05, 0.1) is 12.3 Å². The fourth-order valence-corrected chi connectivity index (χ4v) is 1.37. The highest BCUT2D eigenvalue weighted by Gasteiger charge is 2.11. The Balaban J connectivity index is 2.91. The van der Waals surface area contributed by atoms with Crippen LogP contribution in [0.15, 0.2) is 18.2 Å². The maximum atomic E-state index is 10.9. The van der Waals surface area contributed by atoms with Crippen LogP contribution in [0.1, 0.15) is 13.8 Å². The van der Waals surface area contributed by atoms with Crippen molar-refractivity contribution >= 4 is 23.2 Å². The van der Waals surface area contributed by atoms with E-state index in [4.69, 9.17) is 22.1 Å². The van der Waals surface area contributed by atoms with E-state index in [0.717, 1.165) is 0 Å². The molecule has 0 radical (unpaired) electrons. The van der Waals surface area contributed by atoms with Crippen LogP contribution in [0.4, 0.5) is 5.69 Å². The first-order chi connectivity index (χ1) is 7.54. The molecule has 0 fully saturated rings. The Morgan fingerprint density at radius 1 is 1.62 bits per heavy atom. The third kappa shape index (κ3) is 3.31. The molecule has 4 nitrogen and oxygen atoms in total. The largest absolute Gasteiger partial charge is 0.492 e. The van der Waals surface area contributed by atoms with Gasteiger partial charge in [0.25, 0.3) is 0 Å². The predicted octanol–water partition coefficient (Wildman–Crippen LogP) is 2.02. The predicted molar refractivity (Wildman–Crippen MR) is 64.9 cm³/mol. The fraction of sp³-hybridized carbons (Fsp3) is 0.364. The molecule has 0 heterocycles. The number of benzene rings is 1. The second-order valence-electron chi connectivity index (χ2n) is 3.34. The molecule has 1 aromatic rings. The van der Waals surface area contributed by atoms with Crippen molar-refractivity contribution in [3.8, 4) is 5.75 Å². The molecule has 1 unspecified atom stereocenters. The fourth-order valence-electron chi connectivity index (χ4n) is 1.20. The van der Waals surface area contributed by atoms with Gasteiger partial charge in [0.1, 0.15) is 11.8 Å². The van der Waals surface area contributed by atoms with Crippen LogP contribution in [0.3, 0.4) is 0 Å². The molecule has 1 amide bonds. The zero-order valence-electron chi connectivity index (χ0n) is 9.29. The summed E-state index contributed by atoms with van der Waals surface area (Å²) in [7, 11) is 0. The number of nitrogens with one attached hydrogen (secondary N) is 1. The first-order valence-electron chi connectivity index (χ1n) is 5.02. The molecule has 3 N–H and O–H groups in total. The standard InChI is InChI=1S/C11H15ClN2O2/c1-3-16-10-5-4-8(12)6-9(10)14-7(2)11(13)15/h4-7,14H,3H2,1-2H3,(H2,13,15). The zero-order chi connectivity index (χ0) is 12.1. The lowest BCUT2D eigenvalue weighted by atomic mass is 10.2. The Bertz CT molecular complexity index is 382. The summed E-state index contributed by atoms with van der Waals surface area (Å²) in [6.45, 7) is 4.11. The van der Waals surface area contributed by atoms with Gasteiger partial charge in [0.15, 0.2) is 0 Å². The monoisotopic (exact) mass is 242 g/mol. The number of halogens is 1. The molecular formula is C11H15ClN2O2. The molecular weight excluding hydrogens is 228 g/mol. The van der Waals surface area contributed by atoms with Crippen LogP contribution in [0.25, 0.3) is 0 Å². The van der Waals surface area contributed by atoms with E-state index in [1.807, 2.05) is 6.92 Å². The number of hydrogen-bond acceptors (Lipinski definition) is 3. The summed E-state index contributed by atoms with van der Waals surface area (Å²) in [5.41, 5.74) is 5.84. The molecule has 1 aromatic carbocycles. The summed E-state index contributed by atoms with van der Waals surface area (Å²) < 4.78 is 5.40. The summed E-state index contributed by atoms with van der Waals surface area (Å²) in [6.07, 6.45) is 0. The van der Waals surface area contributed by atoms with E-state index in [-0.39, 0.29) is 0 Å². The smallest absolute Gasteiger partial charge is 0.239 e. The first kappa shape index (κ1) is 12.6. The summed E-state index contributed by atoms with van der Waals surface area (Å²) in [5, 5.41) is 3.52. The van der Waals surface area contributed by atoms with Gasteiger partial charge in [-0.2, -0.15) is 0 Å². The number of carbonyl (C=O) groups is 1. The van der Waals surface area contributed by atoms with Gasteiger partial charge in [-0.3, -0.25) is 4.79 Å². The van der Waals surface area contributed by atoms with Crippen molar-refractivity contribution < 1.29 is 9.53 Å². The maximum Gasteiger partial charge on any atom is 0.239 e. The average molecular weight is 243 g/mol. The van der Waals surface area contributed by atoms with E-state index in [2.05, 4.69) is 5.32 Å². The lowest BCUT2D eigenvalue weighted by Crippen LogP contribution is -2.32. The van der Waals surface area contributed by atoms with Gasteiger partial charge in [-0.15, -0.1) is 0 Å². The highest BCUT2D eigenvalue weighted by Crippen LogP contribution is 2.28. The van der Waals surface area contributed by atoms with E-state index < -0.39 is 11.9 Å². The minimum atomic E-state index is -0.474. The molecule has 0 bridgehead atoms. The molecule has 1 rings (SSSR count). The number of nitrogens with two attached hydrogens (primary N) is 1. The van der Waals surface area contributed by atoms with Crippen LogP contribution in [-0.2, 0) is 4.79 Å². The summed E-state index contributed by atoms with van der Waals surface area (Å²) in [5.74, 6) is 0.224. The Kier molecular flexibility index (Phi) is 4.43. The number of primary amides is 1. The van der Waals surface area contributed by atoms with Crippen LogP contribution < -0.4 is 15.8 Å². The molecule has 5 heteroatoms. The molecule has 0 aromatic heterocycles. The van der Waals surface area contributed by atoms with Crippen LogP contribution in [-0.4, -0.2) is 18.6 Å². The molecule has 0 aliphatic carbocycles. The van der Waals surface area contributed by atoms with Crippen molar-refractivity contribution in [2.45, 2.75) is 19.9 Å². The van der Waals surface area contributed by atoms with E-state index >= 15 is 0 Å². The second-order valence-corrected chi connectivity index (χ2v) is 3.78. The van der Waals surface area contributed by atoms with Crippen LogP contribution >= 0.6 is 11.6 Å². The van der Waals surface area contributed by atoms with E-state index in [1.165, 1.54) is 0 Å². The number of ether oxygens (including phenoxy) is 1. The Morgan fingerprint density at radius 2 is 2.31 bits per heavy atom. The minimum Gasteiger partial charge on any atom is -0.492 e. The van der Waals surface area contributed by atoms with Crippen molar-refractivity contribution in [2.75, 3.05) is 11.9 Å². The molecule has 0 spiro atoms. The molecule has 88 valence electrons. The molecule has 0 saturated carbocycles. The average Bonchev–Trinajstić information content (AvgIpc) is 2.22. The summed E-state index contributed by atoms with van der Waals surface area (Å²) >= 11 is 5.87. The number of anilines is 1. The first-order valence-corrected chi connectivity index (χ1v) is 5.40. The van der Waals surface area contributed by atoms with Gasteiger partial charge in [0.2, 0.25) is 5.91 Å². The lowest BCUT2D eigenvalue weighted by Gasteiger charge is -2.15. The van der Waals surface area contributed by atoms with Gasteiger partial charge in [-0.1, -0.05) is 11.6 Å². The van der Waals surface area contributed by atoms with Crippen LogP contribution in [0.2, 0.25) is 5.02 Å². The topological polar surface area (TPSA) is 64.3 Å². The molecule has 0 saturated heterocycles. The molecule has 16 heavy (non-hydrogen) atoms. The maximum absolute atomic E-state index is 10.9. The van der Waals surface area contributed by atoms with E-state index in [1.54, 1.807) is 25.1 Å². The van der Waals surface area contributed by atoms with Gasteiger partial charge in [-0.05, 0) is 32.0 Å². The number of hydrogen-bond donors (Lipinski definition) is 2. The van der Waals surface area contributed by atoms with Crippen molar-refractivity contribution in [3.05, 3.63) is 23.2 Å². The second kappa shape index (κ2) is 5.61. The van der Waals surface area contributed by atoms with Crippen molar-refractivity contribution in [2.24, 2.45) is 5.73 Å². The van der Waals surface area contributed by atoms with Gasteiger partial charge in [-0.25, -0.2) is 0 Å². The number of carbonyl (C=O) groups excluding carboxylic acids is 1. The molecule has 0 aliphatic heterocycles. The van der Waals surface area contributed by atoms with E-state index in [0.29, 0.717) is 23.1 Å². The van der Waals surface area contributed by atoms with Crippen molar-refractivity contribution in [1.82, 2.24) is 0 Å². The third-order valence-corrected chi connectivity index (χ3v) is 2.28. The van der Waals surface area contributed by atoms with Crippen molar-refractivity contribution in [3.63, 3.8) is 0 Å². The lowest BCUT2D eigenvalue weighted by molar-refractivity contribution is -0.118. The van der Waals surface area contributed by atoms with Crippen LogP contribution in [0, 0.1) is 0 Å². The Hall–Kier alpha value is -1.42. The molecule has 1 atom stereocenters. The van der Waals surface area contributed by atoms with Gasteiger partial charge >= 0.3 is 0 Å². The quantitative estimate of drug-likeness (QED) is 0.830. The third-order valence-electron chi connectivity index (χ3n) is 2.04. The SMILES string of the molecule is CCOc1ccc(Cl)cc1NC(C)C(N)=O. The minimum absolute atomic E-state index is 0.428. The summed E-state index contributed by atoms with van der Waals surface area (Å²) in [4.78, 5) is 10.9. The highest BCUT2D eigenvalue weighted by molar-refractivity contribution is 6.30. The van der Waals surface area contributed by atoms with Crippen LogP contribution in [0.5, 0.6) is 5.75 Å². The van der Waals surface area contributed by atoms with Gasteiger partial charge < -0.3 is 15.8 Å². The summed E-state index contributed by atoms with van der Waals surface area (Å²) in [6, 6.07) is 4.71. The molecule has 0 aliphatic rings. The van der Waals surface area contributed by atoms with Crippen molar-refractivity contribution in [1.29, 1.82) is 0 Å². The van der Waals surface area contributed by atoms with Gasteiger partial charge in [0, 0.05) is 5.02 Å². The number of rotatable bonds is 5. The highest BCUT2D eigenvalue weighted by atomic mass is 35.5. The normalized spacial score (nSPS) is 11.9.